The van der Waals surface area contributed by atoms with Crippen molar-refractivity contribution in [1.29, 1.82) is 0 Å². The number of amides is 1. The first-order valence-corrected chi connectivity index (χ1v) is 7.20. The lowest BCUT2D eigenvalue weighted by Crippen LogP contribution is -2.42. The SMILES string of the molecule is O=C(NCC1(O)CCCCCC1)c1cc(F)cnc1Cl. The maximum Gasteiger partial charge on any atom is 0.254 e. The van der Waals surface area contributed by atoms with Crippen LogP contribution < -0.4 is 5.32 Å². The summed E-state index contributed by atoms with van der Waals surface area (Å²) in [6.45, 7) is 0.151. The molecule has 1 aromatic rings. The molecule has 1 aliphatic carbocycles. The number of hydrogen-bond donors (Lipinski definition) is 2. The molecule has 6 heteroatoms. The van der Waals surface area contributed by atoms with E-state index >= 15 is 0 Å². The van der Waals surface area contributed by atoms with E-state index in [2.05, 4.69) is 10.3 Å². The molecule has 2 N–H and O–H groups in total. The molecule has 20 heavy (non-hydrogen) atoms. The number of nitrogens with one attached hydrogen (secondary N) is 1. The van der Waals surface area contributed by atoms with E-state index < -0.39 is 17.3 Å². The molecule has 0 atom stereocenters. The third-order valence-electron chi connectivity index (χ3n) is 3.66. The summed E-state index contributed by atoms with van der Waals surface area (Å²) in [5, 5.41) is 13.0. The van der Waals surface area contributed by atoms with Crippen LogP contribution in [0.15, 0.2) is 12.3 Å². The van der Waals surface area contributed by atoms with E-state index in [4.69, 9.17) is 11.6 Å². The molecule has 1 saturated carbocycles. The smallest absolute Gasteiger partial charge is 0.254 e. The van der Waals surface area contributed by atoms with Crippen molar-refractivity contribution in [3.8, 4) is 0 Å². The van der Waals surface area contributed by atoms with Crippen LogP contribution in [-0.2, 0) is 0 Å². The Morgan fingerprint density at radius 2 is 2.05 bits per heavy atom. The fourth-order valence-corrected chi connectivity index (χ4v) is 2.67. The minimum absolute atomic E-state index is 0.0103. The second-order valence-corrected chi connectivity index (χ2v) is 5.67. The number of rotatable bonds is 3. The number of halogens is 2. The van der Waals surface area contributed by atoms with Crippen molar-refractivity contribution in [2.75, 3.05) is 6.54 Å². The molecule has 1 fully saturated rings. The summed E-state index contributed by atoms with van der Waals surface area (Å²) in [5.41, 5.74) is -0.886. The van der Waals surface area contributed by atoms with Gasteiger partial charge in [0, 0.05) is 6.54 Å². The molecule has 4 nitrogen and oxygen atoms in total. The molecule has 1 aliphatic rings. The van der Waals surface area contributed by atoms with Gasteiger partial charge in [-0.05, 0) is 18.9 Å². The Bertz CT molecular complexity index is 488. The van der Waals surface area contributed by atoms with Crippen LogP contribution in [0, 0.1) is 5.82 Å². The maximum absolute atomic E-state index is 13.1. The van der Waals surface area contributed by atoms with E-state index in [1.165, 1.54) is 0 Å². The highest BCUT2D eigenvalue weighted by molar-refractivity contribution is 6.32. The average Bonchev–Trinajstić information content (AvgIpc) is 2.64. The minimum atomic E-state index is -0.876. The van der Waals surface area contributed by atoms with Crippen LogP contribution in [-0.4, -0.2) is 28.1 Å². The Hall–Kier alpha value is -1.20. The molecule has 0 saturated heterocycles. The van der Waals surface area contributed by atoms with E-state index in [0.717, 1.165) is 37.9 Å². The third kappa shape index (κ3) is 3.90. The van der Waals surface area contributed by atoms with Crippen molar-refractivity contribution in [2.24, 2.45) is 0 Å². The molecule has 1 aromatic heterocycles. The first-order valence-electron chi connectivity index (χ1n) is 6.82. The Morgan fingerprint density at radius 1 is 1.40 bits per heavy atom. The van der Waals surface area contributed by atoms with Crippen LogP contribution in [0.1, 0.15) is 48.9 Å². The first kappa shape index (κ1) is 15.2. The Kier molecular flexibility index (Phi) is 4.94. The zero-order valence-corrected chi connectivity index (χ0v) is 11.9. The van der Waals surface area contributed by atoms with Crippen molar-refractivity contribution in [3.05, 3.63) is 28.8 Å². The van der Waals surface area contributed by atoms with Crippen LogP contribution >= 0.6 is 11.6 Å². The largest absolute Gasteiger partial charge is 0.388 e. The monoisotopic (exact) mass is 300 g/mol. The highest BCUT2D eigenvalue weighted by Crippen LogP contribution is 2.26. The predicted molar refractivity (Wildman–Crippen MR) is 74.2 cm³/mol. The van der Waals surface area contributed by atoms with Crippen molar-refractivity contribution in [2.45, 2.75) is 44.1 Å². The van der Waals surface area contributed by atoms with E-state index in [0.29, 0.717) is 12.8 Å². The van der Waals surface area contributed by atoms with Crippen molar-refractivity contribution >= 4 is 17.5 Å². The maximum atomic E-state index is 13.1. The van der Waals surface area contributed by atoms with E-state index in [1.54, 1.807) is 0 Å². The van der Waals surface area contributed by atoms with Crippen molar-refractivity contribution in [3.63, 3.8) is 0 Å². The van der Waals surface area contributed by atoms with E-state index in [1.807, 2.05) is 0 Å². The second-order valence-electron chi connectivity index (χ2n) is 5.31. The molecule has 1 amide bonds. The third-order valence-corrected chi connectivity index (χ3v) is 3.96. The normalized spacial score (nSPS) is 18.4. The number of aromatic nitrogens is 1. The molecule has 0 unspecified atom stereocenters. The van der Waals surface area contributed by atoms with Gasteiger partial charge in [0.2, 0.25) is 0 Å². The van der Waals surface area contributed by atoms with Crippen LogP contribution in [0.3, 0.4) is 0 Å². The molecular weight excluding hydrogens is 283 g/mol. The lowest BCUT2D eigenvalue weighted by molar-refractivity contribution is 0.0246. The molecule has 110 valence electrons. The number of pyridine rings is 1. The second kappa shape index (κ2) is 6.50. The molecule has 0 aromatic carbocycles. The number of nitrogens with zero attached hydrogens (tertiary/aromatic N) is 1. The Balaban J connectivity index is 1.99. The highest BCUT2D eigenvalue weighted by Gasteiger charge is 2.28. The molecule has 0 aliphatic heterocycles. The lowest BCUT2D eigenvalue weighted by atomic mass is 9.94. The fraction of sp³-hybridized carbons (Fsp3) is 0.571. The molecule has 0 spiro atoms. The highest BCUT2D eigenvalue weighted by atomic mass is 35.5. The molecule has 0 bridgehead atoms. The first-order chi connectivity index (χ1) is 9.50. The van der Waals surface area contributed by atoms with Crippen LogP contribution in [0.25, 0.3) is 0 Å². The van der Waals surface area contributed by atoms with Crippen LogP contribution in [0.4, 0.5) is 4.39 Å². The van der Waals surface area contributed by atoms with Gasteiger partial charge in [0.15, 0.2) is 0 Å². The quantitative estimate of drug-likeness (QED) is 0.666. The predicted octanol–water partition coefficient (Wildman–Crippen LogP) is 2.69. The summed E-state index contributed by atoms with van der Waals surface area (Å²) in [6, 6.07) is 1.04. The Labute approximate surface area is 122 Å². The number of carbonyl (C=O) groups is 1. The Morgan fingerprint density at radius 3 is 2.70 bits per heavy atom. The summed E-state index contributed by atoms with van der Waals surface area (Å²) in [7, 11) is 0. The average molecular weight is 301 g/mol. The van der Waals surface area contributed by atoms with Gasteiger partial charge in [-0.3, -0.25) is 4.79 Å². The summed E-state index contributed by atoms with van der Waals surface area (Å²) in [6.07, 6.45) is 6.41. The van der Waals surface area contributed by atoms with Gasteiger partial charge < -0.3 is 10.4 Å². The van der Waals surface area contributed by atoms with Crippen LogP contribution in [0.2, 0.25) is 5.15 Å². The minimum Gasteiger partial charge on any atom is -0.388 e. The van der Waals surface area contributed by atoms with Crippen molar-refractivity contribution in [1.82, 2.24) is 10.3 Å². The van der Waals surface area contributed by atoms with Gasteiger partial charge in [0.1, 0.15) is 11.0 Å². The lowest BCUT2D eigenvalue weighted by Gasteiger charge is -2.26. The number of carbonyl (C=O) groups excluding carboxylic acids is 1. The fourth-order valence-electron chi connectivity index (χ4n) is 2.49. The zero-order chi connectivity index (χ0) is 14.6. The molecular formula is C14H18ClFN2O2. The van der Waals surface area contributed by atoms with Crippen molar-refractivity contribution < 1.29 is 14.3 Å². The van der Waals surface area contributed by atoms with E-state index in [-0.39, 0.29) is 17.3 Å². The van der Waals surface area contributed by atoms with Gasteiger partial charge in [0.05, 0.1) is 17.4 Å². The van der Waals surface area contributed by atoms with Gasteiger partial charge in [0.25, 0.3) is 5.91 Å². The van der Waals surface area contributed by atoms with Crippen LogP contribution in [0.5, 0.6) is 0 Å². The van der Waals surface area contributed by atoms with Gasteiger partial charge in [-0.15, -0.1) is 0 Å². The van der Waals surface area contributed by atoms with Gasteiger partial charge >= 0.3 is 0 Å². The summed E-state index contributed by atoms with van der Waals surface area (Å²) < 4.78 is 13.1. The molecule has 0 radical (unpaired) electrons. The zero-order valence-electron chi connectivity index (χ0n) is 11.2. The van der Waals surface area contributed by atoms with Gasteiger partial charge in [-0.1, -0.05) is 37.3 Å². The molecule has 1 heterocycles. The summed E-state index contributed by atoms with van der Waals surface area (Å²) in [4.78, 5) is 15.6. The summed E-state index contributed by atoms with van der Waals surface area (Å²) >= 11 is 5.77. The van der Waals surface area contributed by atoms with Gasteiger partial charge in [-0.2, -0.15) is 0 Å². The number of aliphatic hydroxyl groups is 1. The topological polar surface area (TPSA) is 62.2 Å². The standard InChI is InChI=1S/C14H18ClFN2O2/c15-12-11(7-10(16)8-17-12)13(19)18-9-14(20)5-3-1-2-4-6-14/h7-8,20H,1-6,9H2,(H,18,19). The van der Waals surface area contributed by atoms with Gasteiger partial charge in [-0.25, -0.2) is 9.37 Å². The number of hydrogen-bond acceptors (Lipinski definition) is 3. The summed E-state index contributed by atoms with van der Waals surface area (Å²) in [5.74, 6) is -1.13. The molecule has 2 rings (SSSR count). The van der Waals surface area contributed by atoms with E-state index in [9.17, 15) is 14.3 Å².